The lowest BCUT2D eigenvalue weighted by Gasteiger charge is -2.32. The van der Waals surface area contributed by atoms with Gasteiger partial charge in [-0.1, -0.05) is 73.9 Å². The van der Waals surface area contributed by atoms with Crippen molar-refractivity contribution in [1.82, 2.24) is 0 Å². The summed E-state index contributed by atoms with van der Waals surface area (Å²) in [5.41, 5.74) is 1.06. The second kappa shape index (κ2) is 11.3. The molecule has 3 atom stereocenters. The van der Waals surface area contributed by atoms with Crippen molar-refractivity contribution in [2.75, 3.05) is 6.61 Å². The highest BCUT2D eigenvalue weighted by Gasteiger charge is 2.38. The molecule has 4 nitrogen and oxygen atoms in total. The SMILES string of the molecule is CCCCC#C[C@H]1C(S(=O)(=O)c2ccccc2)=CC[C@H](COCc2ccccc2)[C@H]1O. The van der Waals surface area contributed by atoms with Gasteiger partial charge in [-0.15, -0.1) is 5.92 Å². The summed E-state index contributed by atoms with van der Waals surface area (Å²) in [5, 5.41) is 11.1. The maximum atomic E-state index is 13.3. The van der Waals surface area contributed by atoms with E-state index in [-0.39, 0.29) is 15.7 Å². The van der Waals surface area contributed by atoms with Crippen LogP contribution in [0, 0.1) is 23.7 Å². The Kier molecular flexibility index (Phi) is 8.48. The highest BCUT2D eigenvalue weighted by Crippen LogP contribution is 2.36. The quantitative estimate of drug-likeness (QED) is 0.477. The summed E-state index contributed by atoms with van der Waals surface area (Å²) in [4.78, 5) is 0.432. The van der Waals surface area contributed by atoms with Crippen LogP contribution in [-0.2, 0) is 21.2 Å². The Morgan fingerprint density at radius 2 is 1.74 bits per heavy atom. The van der Waals surface area contributed by atoms with Gasteiger partial charge in [0.05, 0.1) is 35.0 Å². The van der Waals surface area contributed by atoms with E-state index in [0.717, 1.165) is 18.4 Å². The molecule has 0 fully saturated rings. The van der Waals surface area contributed by atoms with Crippen LogP contribution in [0.2, 0.25) is 0 Å². The summed E-state index contributed by atoms with van der Waals surface area (Å²) >= 11 is 0. The second-order valence-electron chi connectivity index (χ2n) is 7.81. The zero-order valence-corrected chi connectivity index (χ0v) is 18.7. The molecule has 0 saturated carbocycles. The second-order valence-corrected chi connectivity index (χ2v) is 9.76. The van der Waals surface area contributed by atoms with Gasteiger partial charge in [-0.2, -0.15) is 0 Å². The fraction of sp³-hybridized carbons (Fsp3) is 0.385. The Morgan fingerprint density at radius 1 is 1.06 bits per heavy atom. The highest BCUT2D eigenvalue weighted by molar-refractivity contribution is 7.95. The molecule has 0 aliphatic heterocycles. The Balaban J connectivity index is 1.79. The molecule has 2 aromatic rings. The molecule has 0 radical (unpaired) electrons. The molecule has 31 heavy (non-hydrogen) atoms. The van der Waals surface area contributed by atoms with E-state index >= 15 is 0 Å². The summed E-state index contributed by atoms with van der Waals surface area (Å²) < 4.78 is 32.4. The average molecular weight is 439 g/mol. The largest absolute Gasteiger partial charge is 0.391 e. The molecule has 0 saturated heterocycles. The van der Waals surface area contributed by atoms with Crippen LogP contribution in [0.5, 0.6) is 0 Å². The fourth-order valence-corrected chi connectivity index (χ4v) is 5.30. The number of benzene rings is 2. The lowest BCUT2D eigenvalue weighted by Crippen LogP contribution is -2.37. The molecule has 0 bridgehead atoms. The van der Waals surface area contributed by atoms with Crippen molar-refractivity contribution in [3.63, 3.8) is 0 Å². The standard InChI is InChI=1S/C26H30O4S/c1-2-3-4-11-16-24-25(31(28,29)23-14-9-6-10-15-23)18-17-22(26(24)27)20-30-19-21-12-7-5-8-13-21/h5-10,12-15,18,22,24,26-27H,2-4,17,19-20H2,1H3/t22-,24+,26-/m1/s1. The van der Waals surface area contributed by atoms with Crippen molar-refractivity contribution < 1.29 is 18.3 Å². The van der Waals surface area contributed by atoms with Crippen molar-refractivity contribution in [1.29, 1.82) is 0 Å². The number of sulfone groups is 1. The predicted octanol–water partition coefficient (Wildman–Crippen LogP) is 4.75. The normalized spacial score (nSPS) is 21.1. The smallest absolute Gasteiger partial charge is 0.203 e. The lowest BCUT2D eigenvalue weighted by molar-refractivity contribution is 0.00789. The van der Waals surface area contributed by atoms with E-state index < -0.39 is 21.9 Å². The molecule has 0 heterocycles. The summed E-state index contributed by atoms with van der Waals surface area (Å²) in [6.45, 7) is 2.89. The minimum absolute atomic E-state index is 0.203. The van der Waals surface area contributed by atoms with E-state index in [2.05, 4.69) is 18.8 Å². The molecule has 5 heteroatoms. The first-order valence-electron chi connectivity index (χ1n) is 10.8. The molecule has 0 spiro atoms. The average Bonchev–Trinajstić information content (AvgIpc) is 2.79. The third-order valence-corrected chi connectivity index (χ3v) is 7.41. The van der Waals surface area contributed by atoms with Crippen LogP contribution in [-0.4, -0.2) is 26.2 Å². The van der Waals surface area contributed by atoms with Crippen molar-refractivity contribution in [3.8, 4) is 11.8 Å². The van der Waals surface area contributed by atoms with Crippen LogP contribution in [0.3, 0.4) is 0 Å². The van der Waals surface area contributed by atoms with Gasteiger partial charge in [0.25, 0.3) is 0 Å². The van der Waals surface area contributed by atoms with Crippen molar-refractivity contribution in [2.45, 2.75) is 50.2 Å². The Labute approximate surface area is 185 Å². The van der Waals surface area contributed by atoms with Crippen LogP contribution in [0.4, 0.5) is 0 Å². The molecule has 1 aliphatic rings. The highest BCUT2D eigenvalue weighted by atomic mass is 32.2. The first-order valence-corrected chi connectivity index (χ1v) is 12.3. The number of hydrogen-bond acceptors (Lipinski definition) is 4. The number of aliphatic hydroxyl groups is 1. The van der Waals surface area contributed by atoms with Crippen molar-refractivity contribution in [2.24, 2.45) is 11.8 Å². The molecule has 0 aromatic heterocycles. The van der Waals surface area contributed by atoms with E-state index in [1.165, 1.54) is 0 Å². The topological polar surface area (TPSA) is 63.6 Å². The minimum atomic E-state index is -3.72. The van der Waals surface area contributed by atoms with E-state index in [1.807, 2.05) is 30.3 Å². The van der Waals surface area contributed by atoms with Crippen LogP contribution in [0.25, 0.3) is 0 Å². The van der Waals surface area contributed by atoms with E-state index in [1.54, 1.807) is 36.4 Å². The third-order valence-electron chi connectivity index (χ3n) is 5.47. The van der Waals surface area contributed by atoms with Gasteiger partial charge in [0.15, 0.2) is 0 Å². The summed E-state index contributed by atoms with van der Waals surface area (Å²) in [5.74, 6) is 5.20. The van der Waals surface area contributed by atoms with Crippen molar-refractivity contribution >= 4 is 9.84 Å². The zero-order chi connectivity index (χ0) is 22.1. The zero-order valence-electron chi connectivity index (χ0n) is 17.9. The number of unbranched alkanes of at least 4 members (excludes halogenated alkanes) is 2. The Bertz CT molecular complexity index is 1020. The monoisotopic (exact) mass is 438 g/mol. The number of hydrogen-bond donors (Lipinski definition) is 1. The van der Waals surface area contributed by atoms with Gasteiger partial charge in [0.2, 0.25) is 9.84 Å². The summed E-state index contributed by atoms with van der Waals surface area (Å²) in [7, 11) is -3.72. The van der Waals surface area contributed by atoms with Gasteiger partial charge in [-0.3, -0.25) is 0 Å². The molecule has 164 valence electrons. The van der Waals surface area contributed by atoms with Crippen LogP contribution in [0.15, 0.2) is 76.5 Å². The summed E-state index contributed by atoms with van der Waals surface area (Å²) in [6, 6.07) is 18.2. The van der Waals surface area contributed by atoms with Crippen molar-refractivity contribution in [3.05, 3.63) is 77.2 Å². The molecule has 1 N–H and O–H groups in total. The molecular formula is C26H30O4S. The van der Waals surface area contributed by atoms with Gasteiger partial charge in [-0.25, -0.2) is 8.42 Å². The molecular weight excluding hydrogens is 408 g/mol. The number of allylic oxidation sites excluding steroid dienone is 1. The van der Waals surface area contributed by atoms with Crippen LogP contribution >= 0.6 is 0 Å². The first kappa shape index (κ1) is 23.3. The van der Waals surface area contributed by atoms with E-state index in [9.17, 15) is 13.5 Å². The lowest BCUT2D eigenvalue weighted by atomic mass is 9.84. The molecule has 0 amide bonds. The minimum Gasteiger partial charge on any atom is -0.391 e. The van der Waals surface area contributed by atoms with Gasteiger partial charge in [-0.05, 0) is 30.5 Å². The number of aliphatic hydroxyl groups excluding tert-OH is 1. The number of rotatable bonds is 8. The fourth-order valence-electron chi connectivity index (χ4n) is 3.66. The Morgan fingerprint density at radius 3 is 2.42 bits per heavy atom. The maximum Gasteiger partial charge on any atom is 0.203 e. The Hall–Kier alpha value is -2.39. The molecule has 1 aliphatic carbocycles. The van der Waals surface area contributed by atoms with Crippen LogP contribution in [0.1, 0.15) is 38.2 Å². The first-order chi connectivity index (χ1) is 15.0. The van der Waals surface area contributed by atoms with Crippen LogP contribution < -0.4 is 0 Å². The van der Waals surface area contributed by atoms with Gasteiger partial charge in [0, 0.05) is 12.3 Å². The molecule has 3 rings (SSSR count). The predicted molar refractivity (Wildman–Crippen MR) is 123 cm³/mol. The molecule has 0 unspecified atom stereocenters. The number of ether oxygens (including phenoxy) is 1. The van der Waals surface area contributed by atoms with Gasteiger partial charge < -0.3 is 9.84 Å². The van der Waals surface area contributed by atoms with Gasteiger partial charge >= 0.3 is 0 Å². The van der Waals surface area contributed by atoms with E-state index in [0.29, 0.717) is 26.1 Å². The molecule has 2 aromatic carbocycles. The van der Waals surface area contributed by atoms with E-state index in [4.69, 9.17) is 4.74 Å². The maximum absolute atomic E-state index is 13.3. The van der Waals surface area contributed by atoms with Gasteiger partial charge in [0.1, 0.15) is 0 Å². The summed E-state index contributed by atoms with van der Waals surface area (Å²) in [6.07, 6.45) is 3.92. The third kappa shape index (κ3) is 6.07.